The zero-order chi connectivity index (χ0) is 65.7. The summed E-state index contributed by atoms with van der Waals surface area (Å²) in [7, 11) is 1.35. The number of aliphatic hydroxyl groups is 4. The molecule has 86 heavy (non-hydrogen) atoms. The molecular formula is C57H102N8O21. The van der Waals surface area contributed by atoms with Gasteiger partial charge in [-0.25, -0.2) is 28.8 Å². The van der Waals surface area contributed by atoms with E-state index in [2.05, 4.69) is 26.6 Å². The first-order chi connectivity index (χ1) is 39.2. The number of aliphatic hydroxyl groups excluding tert-OH is 4. The molecule has 3 aliphatic rings. The first-order valence-corrected chi connectivity index (χ1v) is 29.1. The lowest BCUT2D eigenvalue weighted by molar-refractivity contribution is -0.276. The topological polar surface area (TPSA) is 363 Å². The van der Waals surface area contributed by atoms with Crippen molar-refractivity contribution in [1.82, 2.24) is 41.3 Å². The molecule has 0 aromatic carbocycles. The molecule has 0 radical (unpaired) electrons. The van der Waals surface area contributed by atoms with Crippen molar-refractivity contribution < 1.29 is 101 Å². The molecule has 0 unspecified atom stereocenters. The zero-order valence-corrected chi connectivity index (χ0v) is 54.1. The number of nitrogens with zero attached hydrogens (tertiary/aromatic N) is 3. The standard InChI is InChI=1S/C57H102N8O21/c1-32(63(20)49(74)84-55(11,12)13)39(68)45(77-26-25-66)80-41-36(60-43(70)38(67)29-59-46(71)81-52(2,3)4)27-37(62-48(73)83-54(8,9)10)42(40(41)69)79-44-35(61-47(72)82-53(5,6)7)22-21-34(78-44)28-58-23-24-65(51(76)86-57(17,18)19)33-30-64(31-33)50(75)85-56(14,15)16/h21,32-33,35-42,44-45,58,66-69H,22-31H2,1-20H3,(H,59,71)(H,60,70)(H,61,72)(H,62,73)/t32-,35+,36+,37-,38-,39+,40+,41-,42+,44+,45+/m0/s1. The predicted octanol–water partition coefficient (Wildman–Crippen LogP) is 3.71. The van der Waals surface area contributed by atoms with Crippen LogP contribution in [0.15, 0.2) is 11.8 Å². The molecule has 29 heteroatoms. The SMILES string of the molecule is C[C@@H]([C@@H](O)[C@H](OCCO)O[C@@H]1[C@@H](O)[C@H](O[C@H]2OC(CNCCN(C(=O)OC(C)(C)C)C3CN(C(=O)OC(C)(C)C)C3)=CC[C@H]2NC(=O)OC(C)(C)C)[C@@H](NC(=O)OC(C)(C)C)C[C@H]1NC(=O)[C@@H](O)CNC(=O)OC(C)(C)C)N(C)C(=O)OC(C)(C)C. The van der Waals surface area contributed by atoms with Gasteiger partial charge < -0.3 is 109 Å². The average molecular weight is 1240 g/mol. The third-order valence-corrected chi connectivity index (χ3v) is 12.5. The molecule has 9 N–H and O–H groups in total. The Kier molecular flexibility index (Phi) is 26.9. The van der Waals surface area contributed by atoms with E-state index in [-0.39, 0.29) is 50.9 Å². The Hall–Kier alpha value is -5.69. The molecule has 29 nitrogen and oxygen atoms in total. The second kappa shape index (κ2) is 31.0. The highest BCUT2D eigenvalue weighted by Gasteiger charge is 2.52. The first-order valence-electron chi connectivity index (χ1n) is 29.1. The molecule has 11 atom stereocenters. The van der Waals surface area contributed by atoms with Crippen LogP contribution in [0.1, 0.15) is 144 Å². The van der Waals surface area contributed by atoms with Gasteiger partial charge in [0.05, 0.1) is 56.5 Å². The number of hydrogen-bond donors (Lipinski definition) is 9. The normalized spacial score (nSPS) is 22.8. The smallest absolute Gasteiger partial charge is 0.410 e. The molecule has 2 aliphatic heterocycles. The predicted molar refractivity (Wildman–Crippen MR) is 310 cm³/mol. The van der Waals surface area contributed by atoms with Crippen LogP contribution < -0.4 is 26.6 Å². The molecular weight excluding hydrogens is 1130 g/mol. The van der Waals surface area contributed by atoms with Gasteiger partial charge in [0.2, 0.25) is 6.29 Å². The second-order valence-corrected chi connectivity index (χ2v) is 27.5. The van der Waals surface area contributed by atoms with Crippen molar-refractivity contribution in [1.29, 1.82) is 0 Å². The summed E-state index contributed by atoms with van der Waals surface area (Å²) in [6.45, 7) is 30.6. The molecule has 2 heterocycles. The third kappa shape index (κ3) is 26.3. The van der Waals surface area contributed by atoms with Crippen LogP contribution in [-0.2, 0) is 52.2 Å². The fourth-order valence-corrected chi connectivity index (χ4v) is 8.57. The number of hydrogen-bond acceptors (Lipinski definition) is 22. The van der Waals surface area contributed by atoms with Crippen molar-refractivity contribution in [2.45, 2.75) is 251 Å². The number of likely N-dealkylation sites (N-methyl/N-ethyl adjacent to an activating group) is 1. The zero-order valence-electron chi connectivity index (χ0n) is 54.1. The molecule has 1 aliphatic carbocycles. The van der Waals surface area contributed by atoms with E-state index in [0.29, 0.717) is 0 Å². The van der Waals surface area contributed by atoms with Gasteiger partial charge in [-0.05, 0) is 150 Å². The van der Waals surface area contributed by atoms with Crippen molar-refractivity contribution in [2.75, 3.05) is 59.5 Å². The minimum absolute atomic E-state index is 0.0192. The number of alkyl carbamates (subject to hydrolysis) is 3. The van der Waals surface area contributed by atoms with Crippen molar-refractivity contribution in [3.05, 3.63) is 11.8 Å². The second-order valence-electron chi connectivity index (χ2n) is 27.5. The summed E-state index contributed by atoms with van der Waals surface area (Å²) in [5, 5.41) is 59.5. The Balaban J connectivity index is 2.11. The Labute approximate surface area is 506 Å². The van der Waals surface area contributed by atoms with Gasteiger partial charge in [0, 0.05) is 33.2 Å². The summed E-state index contributed by atoms with van der Waals surface area (Å²) in [6, 6.07) is -5.40. The maximum Gasteiger partial charge on any atom is 0.410 e. The van der Waals surface area contributed by atoms with E-state index in [1.807, 2.05) is 0 Å². The Morgan fingerprint density at radius 2 is 1.19 bits per heavy atom. The Morgan fingerprint density at radius 1 is 0.686 bits per heavy atom. The minimum Gasteiger partial charge on any atom is -0.466 e. The Bertz CT molecular complexity index is 2280. The Morgan fingerprint density at radius 3 is 1.71 bits per heavy atom. The monoisotopic (exact) mass is 1230 g/mol. The van der Waals surface area contributed by atoms with Crippen LogP contribution in [0.25, 0.3) is 0 Å². The number of likely N-dealkylation sites (tertiary alicyclic amines) is 1. The van der Waals surface area contributed by atoms with Crippen LogP contribution in [-0.4, -0.2) is 244 Å². The van der Waals surface area contributed by atoms with Gasteiger partial charge >= 0.3 is 36.6 Å². The third-order valence-electron chi connectivity index (χ3n) is 12.5. The molecule has 496 valence electrons. The van der Waals surface area contributed by atoms with Gasteiger partial charge in [0.25, 0.3) is 5.91 Å². The van der Waals surface area contributed by atoms with Gasteiger partial charge in [-0.3, -0.25) is 4.79 Å². The lowest BCUT2D eigenvalue weighted by Crippen LogP contribution is -2.68. The molecule has 0 aromatic rings. The quantitative estimate of drug-likeness (QED) is 0.0424. The molecule has 3 rings (SSSR count). The van der Waals surface area contributed by atoms with E-state index in [1.54, 1.807) is 131 Å². The van der Waals surface area contributed by atoms with Crippen LogP contribution >= 0.6 is 0 Å². The molecule has 2 fully saturated rings. The molecule has 0 bridgehead atoms. The summed E-state index contributed by atoms with van der Waals surface area (Å²) >= 11 is 0. The number of carbonyl (C=O) groups excluding carboxylic acids is 7. The number of rotatable bonds is 22. The summed E-state index contributed by atoms with van der Waals surface area (Å²) < 4.78 is 58.7. The number of ether oxygens (including phenoxy) is 10. The van der Waals surface area contributed by atoms with Gasteiger partial charge in [0.1, 0.15) is 69.9 Å². The van der Waals surface area contributed by atoms with E-state index >= 15 is 0 Å². The molecule has 1 saturated heterocycles. The minimum atomic E-state index is -1.99. The largest absolute Gasteiger partial charge is 0.466 e. The van der Waals surface area contributed by atoms with Crippen LogP contribution in [0.5, 0.6) is 0 Å². The summed E-state index contributed by atoms with van der Waals surface area (Å²) in [5.74, 6) is -0.823. The highest BCUT2D eigenvalue weighted by atomic mass is 16.7. The van der Waals surface area contributed by atoms with E-state index in [1.165, 1.54) is 23.8 Å². The highest BCUT2D eigenvalue weighted by molar-refractivity contribution is 5.82. The summed E-state index contributed by atoms with van der Waals surface area (Å²) in [4.78, 5) is 97.5. The molecule has 0 aromatic heterocycles. The molecule has 0 spiro atoms. The lowest BCUT2D eigenvalue weighted by Gasteiger charge is -2.47. The van der Waals surface area contributed by atoms with E-state index in [9.17, 15) is 54.0 Å². The summed E-state index contributed by atoms with van der Waals surface area (Å²) in [6.07, 6.45) is -15.8. The van der Waals surface area contributed by atoms with Gasteiger partial charge in [-0.1, -0.05) is 0 Å². The van der Waals surface area contributed by atoms with Crippen LogP contribution in [0.4, 0.5) is 28.8 Å². The molecule has 1 saturated carbocycles. The van der Waals surface area contributed by atoms with Crippen molar-refractivity contribution in [3.63, 3.8) is 0 Å². The van der Waals surface area contributed by atoms with E-state index in [4.69, 9.17) is 47.4 Å². The number of amides is 7. The summed E-state index contributed by atoms with van der Waals surface area (Å²) in [5.41, 5.74) is -5.41. The highest BCUT2D eigenvalue weighted by Crippen LogP contribution is 2.33. The van der Waals surface area contributed by atoms with Crippen molar-refractivity contribution >= 4 is 42.5 Å². The van der Waals surface area contributed by atoms with Crippen molar-refractivity contribution in [3.8, 4) is 0 Å². The fraction of sp³-hybridized carbons (Fsp3) is 0.842. The van der Waals surface area contributed by atoms with Crippen LogP contribution in [0.3, 0.4) is 0 Å². The average Bonchev–Trinajstić information content (AvgIpc) is 1.07. The van der Waals surface area contributed by atoms with Gasteiger partial charge in [-0.15, -0.1) is 0 Å². The maximum absolute atomic E-state index is 14.0. The lowest BCUT2D eigenvalue weighted by atomic mass is 9.83. The number of nitrogens with one attached hydrogen (secondary N) is 5. The molecule has 7 amide bonds. The van der Waals surface area contributed by atoms with Crippen LogP contribution in [0.2, 0.25) is 0 Å². The van der Waals surface area contributed by atoms with Gasteiger partial charge in [0.15, 0.2) is 6.29 Å². The first kappa shape index (κ1) is 74.6. The number of carbonyl (C=O) groups is 7. The fourth-order valence-electron chi connectivity index (χ4n) is 8.57. The van der Waals surface area contributed by atoms with E-state index < -0.39 is 170 Å². The van der Waals surface area contributed by atoms with Crippen LogP contribution in [0, 0.1) is 0 Å². The maximum atomic E-state index is 14.0. The van der Waals surface area contributed by atoms with Crippen molar-refractivity contribution in [2.24, 2.45) is 0 Å². The van der Waals surface area contributed by atoms with E-state index in [0.717, 1.165) is 4.90 Å². The van der Waals surface area contributed by atoms with Gasteiger partial charge in [-0.2, -0.15) is 0 Å².